The molecule has 0 fully saturated rings. The molecule has 4 heteroatoms. The lowest BCUT2D eigenvalue weighted by Gasteiger charge is -1.97. The van der Waals surface area contributed by atoms with Crippen LogP contribution in [0, 0.1) is 0 Å². The summed E-state index contributed by atoms with van der Waals surface area (Å²) in [7, 11) is 0. The van der Waals surface area contributed by atoms with Crippen LogP contribution in [0.25, 0.3) is 0 Å². The molecule has 0 atom stereocenters. The number of carboxylic acids is 2. The Morgan fingerprint density at radius 1 is 0.929 bits per heavy atom. The molecular weight excluding hydrogens is 184 g/mol. The summed E-state index contributed by atoms with van der Waals surface area (Å²) in [5.41, 5.74) is 0. The van der Waals surface area contributed by atoms with Crippen molar-refractivity contribution >= 4 is 11.9 Å². The van der Waals surface area contributed by atoms with Gasteiger partial charge in [-0.1, -0.05) is 12.2 Å². The maximum absolute atomic E-state index is 9.00. The molecule has 14 heavy (non-hydrogen) atoms. The molecule has 0 aromatic rings. The van der Waals surface area contributed by atoms with Crippen molar-refractivity contribution in [3.8, 4) is 0 Å². The number of carboxylic acid groups (broad SMARTS) is 2. The quantitative estimate of drug-likeness (QED) is 0.591. The third-order valence-corrected chi connectivity index (χ3v) is 1.16. The molecule has 0 bridgehead atoms. The maximum Gasteiger partial charge on any atom is 0.300 e. The smallest absolute Gasteiger partial charge is 0.300 e. The number of aliphatic carboxylic acids is 2. The Labute approximate surface area is 84.3 Å². The van der Waals surface area contributed by atoms with Gasteiger partial charge in [-0.2, -0.15) is 0 Å². The van der Waals surface area contributed by atoms with Crippen LogP contribution in [0.3, 0.4) is 0 Å². The standard InChI is InChI=1S/C6H10.2C2H4O2/c1-2-4-6-5-3-1;2*1-2(3)4/h1-2H,3-6H2;2*1H3,(H,3,4). The number of carbonyl (C=O) groups is 2. The molecule has 0 heterocycles. The Balaban J connectivity index is 0. The second-order valence-corrected chi connectivity index (χ2v) is 2.79. The van der Waals surface area contributed by atoms with Gasteiger partial charge in [0.2, 0.25) is 0 Å². The molecule has 0 saturated heterocycles. The first-order valence-corrected chi connectivity index (χ1v) is 4.51. The lowest BCUT2D eigenvalue weighted by Crippen LogP contribution is -1.78. The van der Waals surface area contributed by atoms with Gasteiger partial charge in [-0.25, -0.2) is 0 Å². The molecule has 0 radical (unpaired) electrons. The van der Waals surface area contributed by atoms with E-state index in [2.05, 4.69) is 12.2 Å². The Hall–Kier alpha value is -1.32. The van der Waals surface area contributed by atoms with E-state index in [-0.39, 0.29) is 0 Å². The highest BCUT2D eigenvalue weighted by Crippen LogP contribution is 2.07. The Morgan fingerprint density at radius 2 is 1.14 bits per heavy atom. The third-order valence-electron chi connectivity index (χ3n) is 1.16. The van der Waals surface area contributed by atoms with Gasteiger partial charge in [0.15, 0.2) is 0 Å². The fourth-order valence-corrected chi connectivity index (χ4v) is 0.760. The molecule has 0 unspecified atom stereocenters. The van der Waals surface area contributed by atoms with Crippen molar-refractivity contribution in [2.75, 3.05) is 0 Å². The second kappa shape index (κ2) is 11.7. The van der Waals surface area contributed by atoms with Gasteiger partial charge in [-0.05, 0) is 25.7 Å². The minimum atomic E-state index is -0.833. The van der Waals surface area contributed by atoms with Crippen LogP contribution < -0.4 is 0 Å². The summed E-state index contributed by atoms with van der Waals surface area (Å²) in [6, 6.07) is 0. The van der Waals surface area contributed by atoms with Crippen LogP contribution in [0.4, 0.5) is 0 Å². The molecule has 2 N–H and O–H groups in total. The molecule has 0 spiro atoms. The first kappa shape index (κ1) is 15.2. The van der Waals surface area contributed by atoms with Gasteiger partial charge < -0.3 is 10.2 Å². The van der Waals surface area contributed by atoms with Crippen LogP contribution in [0.15, 0.2) is 12.2 Å². The number of hydrogen-bond acceptors (Lipinski definition) is 2. The fourth-order valence-electron chi connectivity index (χ4n) is 0.760. The van der Waals surface area contributed by atoms with Crippen LogP contribution in [0.1, 0.15) is 39.5 Å². The van der Waals surface area contributed by atoms with Crippen molar-refractivity contribution in [2.24, 2.45) is 0 Å². The summed E-state index contributed by atoms with van der Waals surface area (Å²) in [4.78, 5) is 18.0. The predicted molar refractivity (Wildman–Crippen MR) is 54.2 cm³/mol. The van der Waals surface area contributed by atoms with Crippen molar-refractivity contribution in [3.63, 3.8) is 0 Å². The van der Waals surface area contributed by atoms with E-state index in [0.29, 0.717) is 0 Å². The first-order valence-electron chi connectivity index (χ1n) is 4.51. The van der Waals surface area contributed by atoms with Crippen LogP contribution in [0.5, 0.6) is 0 Å². The van der Waals surface area contributed by atoms with Gasteiger partial charge in [0, 0.05) is 13.8 Å². The summed E-state index contributed by atoms with van der Waals surface area (Å²) in [5, 5.41) is 14.8. The summed E-state index contributed by atoms with van der Waals surface area (Å²) in [5.74, 6) is -1.67. The fraction of sp³-hybridized carbons (Fsp3) is 0.600. The maximum atomic E-state index is 9.00. The van der Waals surface area contributed by atoms with Crippen molar-refractivity contribution in [1.82, 2.24) is 0 Å². The molecule has 1 aliphatic carbocycles. The first-order chi connectivity index (χ1) is 6.46. The molecule has 4 nitrogen and oxygen atoms in total. The SMILES string of the molecule is C1=CCCCC1.CC(=O)O.CC(=O)O. The molecule has 1 rings (SSSR count). The number of hydrogen-bond donors (Lipinski definition) is 2. The number of allylic oxidation sites excluding steroid dienone is 2. The van der Waals surface area contributed by atoms with Crippen molar-refractivity contribution in [2.45, 2.75) is 39.5 Å². The summed E-state index contributed by atoms with van der Waals surface area (Å²) in [6.45, 7) is 2.17. The van der Waals surface area contributed by atoms with E-state index in [9.17, 15) is 0 Å². The Kier molecular flexibility index (Phi) is 12.7. The van der Waals surface area contributed by atoms with Gasteiger partial charge in [0.05, 0.1) is 0 Å². The lowest BCUT2D eigenvalue weighted by atomic mass is 10.1. The topological polar surface area (TPSA) is 74.6 Å². The highest BCUT2D eigenvalue weighted by molar-refractivity contribution is 5.63. The van der Waals surface area contributed by atoms with E-state index in [1.165, 1.54) is 25.7 Å². The van der Waals surface area contributed by atoms with Crippen LogP contribution in [-0.2, 0) is 9.59 Å². The van der Waals surface area contributed by atoms with Gasteiger partial charge in [0.25, 0.3) is 11.9 Å². The highest BCUT2D eigenvalue weighted by Gasteiger charge is 1.87. The van der Waals surface area contributed by atoms with Crippen molar-refractivity contribution in [1.29, 1.82) is 0 Å². The molecule has 1 aliphatic rings. The minimum absolute atomic E-state index is 0.833. The number of rotatable bonds is 0. The zero-order valence-corrected chi connectivity index (χ0v) is 8.69. The van der Waals surface area contributed by atoms with E-state index >= 15 is 0 Å². The Morgan fingerprint density at radius 3 is 1.21 bits per heavy atom. The van der Waals surface area contributed by atoms with Crippen LogP contribution in [0.2, 0.25) is 0 Å². The predicted octanol–water partition coefficient (Wildman–Crippen LogP) is 2.30. The van der Waals surface area contributed by atoms with Crippen LogP contribution in [-0.4, -0.2) is 22.2 Å². The zero-order chi connectivity index (χ0) is 11.4. The van der Waals surface area contributed by atoms with Gasteiger partial charge in [-0.3, -0.25) is 9.59 Å². The zero-order valence-electron chi connectivity index (χ0n) is 8.69. The normalized spacial score (nSPS) is 12.7. The largest absolute Gasteiger partial charge is 0.481 e. The molecule has 0 amide bonds. The highest BCUT2D eigenvalue weighted by atomic mass is 16.4. The third kappa shape index (κ3) is 45.7. The average molecular weight is 202 g/mol. The minimum Gasteiger partial charge on any atom is -0.481 e. The second-order valence-electron chi connectivity index (χ2n) is 2.79. The summed E-state index contributed by atoms with van der Waals surface area (Å²) in [6.07, 6.45) is 10.0. The van der Waals surface area contributed by atoms with Gasteiger partial charge >= 0.3 is 0 Å². The molecule has 82 valence electrons. The van der Waals surface area contributed by atoms with Gasteiger partial charge in [0.1, 0.15) is 0 Å². The van der Waals surface area contributed by atoms with E-state index in [0.717, 1.165) is 13.8 Å². The van der Waals surface area contributed by atoms with E-state index in [1.54, 1.807) is 0 Å². The van der Waals surface area contributed by atoms with E-state index in [1.807, 2.05) is 0 Å². The van der Waals surface area contributed by atoms with E-state index in [4.69, 9.17) is 19.8 Å². The monoisotopic (exact) mass is 202 g/mol. The molecule has 0 saturated carbocycles. The van der Waals surface area contributed by atoms with Gasteiger partial charge in [-0.15, -0.1) is 0 Å². The lowest BCUT2D eigenvalue weighted by molar-refractivity contribution is -0.135. The molecular formula is C10H18O4. The Bertz CT molecular complexity index is 157. The summed E-state index contributed by atoms with van der Waals surface area (Å²) >= 11 is 0. The average Bonchev–Trinajstić information content (AvgIpc) is 2.05. The van der Waals surface area contributed by atoms with Crippen molar-refractivity contribution in [3.05, 3.63) is 12.2 Å². The van der Waals surface area contributed by atoms with Crippen molar-refractivity contribution < 1.29 is 19.8 Å². The molecule has 0 aliphatic heterocycles. The summed E-state index contributed by atoms with van der Waals surface area (Å²) < 4.78 is 0. The molecule has 0 aromatic carbocycles. The van der Waals surface area contributed by atoms with Crippen LogP contribution >= 0.6 is 0 Å². The van der Waals surface area contributed by atoms with E-state index < -0.39 is 11.9 Å². The molecule has 0 aromatic heterocycles.